The fourth-order valence-electron chi connectivity index (χ4n) is 4.05. The van der Waals surface area contributed by atoms with Crippen molar-refractivity contribution in [2.45, 2.75) is 32.9 Å². The summed E-state index contributed by atoms with van der Waals surface area (Å²) in [6.07, 6.45) is 4.41. The Kier molecular flexibility index (Phi) is 4.52. The van der Waals surface area contributed by atoms with E-state index in [-0.39, 0.29) is 17.9 Å². The Morgan fingerprint density at radius 3 is 2.74 bits per heavy atom. The van der Waals surface area contributed by atoms with Crippen LogP contribution in [0.3, 0.4) is 0 Å². The third-order valence-electron chi connectivity index (χ3n) is 5.65. The van der Waals surface area contributed by atoms with Crippen LogP contribution in [-0.2, 0) is 18.4 Å². The smallest absolute Gasteiger partial charge is 0.223 e. The molecule has 0 radical (unpaired) electrons. The van der Waals surface area contributed by atoms with Crippen molar-refractivity contribution in [2.24, 2.45) is 13.0 Å². The van der Waals surface area contributed by atoms with Gasteiger partial charge < -0.3 is 14.6 Å². The van der Waals surface area contributed by atoms with Gasteiger partial charge in [-0.3, -0.25) is 9.48 Å². The van der Waals surface area contributed by atoms with Gasteiger partial charge in [0.1, 0.15) is 11.3 Å². The van der Waals surface area contributed by atoms with Crippen LogP contribution >= 0.6 is 0 Å². The van der Waals surface area contributed by atoms with E-state index in [1.165, 1.54) is 11.1 Å². The molecule has 1 N–H and O–H groups in total. The number of rotatable bonds is 5. The number of amides is 1. The van der Waals surface area contributed by atoms with Gasteiger partial charge in [0.15, 0.2) is 0 Å². The van der Waals surface area contributed by atoms with Crippen molar-refractivity contribution in [1.82, 2.24) is 20.0 Å². The van der Waals surface area contributed by atoms with Crippen LogP contribution in [0.15, 0.2) is 35.0 Å². The van der Waals surface area contributed by atoms with Gasteiger partial charge in [-0.2, -0.15) is 5.10 Å². The quantitative estimate of drug-likeness (QED) is 0.754. The van der Waals surface area contributed by atoms with Gasteiger partial charge in [0.05, 0.1) is 18.8 Å². The van der Waals surface area contributed by atoms with E-state index in [1.54, 1.807) is 4.68 Å². The number of fused-ring (bicyclic) bond motifs is 1. The highest BCUT2D eigenvalue weighted by Gasteiger charge is 2.38. The van der Waals surface area contributed by atoms with E-state index in [0.717, 1.165) is 28.8 Å². The normalized spacial score (nSPS) is 20.1. The monoisotopic (exact) mass is 366 g/mol. The largest absolute Gasteiger partial charge is 0.460 e. The van der Waals surface area contributed by atoms with Gasteiger partial charge in [-0.25, -0.2) is 0 Å². The molecule has 3 heterocycles. The number of aryl methyl sites for hydroxylation is 3. The Labute approximate surface area is 159 Å². The van der Waals surface area contributed by atoms with Crippen molar-refractivity contribution in [2.75, 3.05) is 13.6 Å². The summed E-state index contributed by atoms with van der Waals surface area (Å²) in [5.74, 6) is 1.33. The predicted octanol–water partition coefficient (Wildman–Crippen LogP) is 3.09. The van der Waals surface area contributed by atoms with Crippen LogP contribution in [0.5, 0.6) is 0 Å². The summed E-state index contributed by atoms with van der Waals surface area (Å²) in [5.41, 5.74) is 4.53. The lowest BCUT2D eigenvalue weighted by molar-refractivity contribution is -0.127. The van der Waals surface area contributed by atoms with E-state index in [4.69, 9.17) is 4.42 Å². The Hall–Kier alpha value is -2.60. The van der Waals surface area contributed by atoms with E-state index in [0.29, 0.717) is 13.0 Å². The molecule has 0 spiro atoms. The van der Waals surface area contributed by atoms with Gasteiger partial charge in [-0.1, -0.05) is 0 Å². The molecular weight excluding hydrogens is 340 g/mol. The highest BCUT2D eigenvalue weighted by atomic mass is 16.3. The number of carbonyl (C=O) groups excluding carboxylic acids is 1. The second-order valence-electron chi connectivity index (χ2n) is 7.68. The van der Waals surface area contributed by atoms with Crippen molar-refractivity contribution in [3.63, 3.8) is 0 Å². The predicted molar refractivity (Wildman–Crippen MR) is 104 cm³/mol. The zero-order valence-corrected chi connectivity index (χ0v) is 16.3. The second-order valence-corrected chi connectivity index (χ2v) is 7.68. The fraction of sp³-hybridized carbons (Fsp3) is 0.429. The maximum Gasteiger partial charge on any atom is 0.223 e. The molecule has 27 heavy (non-hydrogen) atoms. The summed E-state index contributed by atoms with van der Waals surface area (Å²) in [5, 5.41) is 8.88. The Bertz CT molecular complexity index is 948. The number of nitrogens with one attached hydrogen (secondary N) is 1. The van der Waals surface area contributed by atoms with Gasteiger partial charge in [0.2, 0.25) is 5.91 Å². The van der Waals surface area contributed by atoms with Crippen LogP contribution in [0.4, 0.5) is 0 Å². The number of likely N-dealkylation sites (tertiary alicyclic amines) is 1. The second kappa shape index (κ2) is 6.85. The van der Waals surface area contributed by atoms with E-state index in [1.807, 2.05) is 31.4 Å². The Morgan fingerprint density at radius 2 is 2.00 bits per heavy atom. The fourth-order valence-corrected chi connectivity index (χ4v) is 4.05. The summed E-state index contributed by atoms with van der Waals surface area (Å²) < 4.78 is 7.76. The zero-order valence-electron chi connectivity index (χ0n) is 16.3. The van der Waals surface area contributed by atoms with Crippen LogP contribution in [0.25, 0.3) is 11.0 Å². The molecule has 1 fully saturated rings. The first kappa shape index (κ1) is 17.8. The minimum absolute atomic E-state index is 0.0691. The third-order valence-corrected chi connectivity index (χ3v) is 5.65. The summed E-state index contributed by atoms with van der Waals surface area (Å²) >= 11 is 0. The highest BCUT2D eigenvalue weighted by Crippen LogP contribution is 2.36. The molecule has 0 aliphatic carbocycles. The molecular formula is C21H26N4O2. The van der Waals surface area contributed by atoms with Crippen LogP contribution in [0, 0.1) is 19.8 Å². The first-order chi connectivity index (χ1) is 12.9. The van der Waals surface area contributed by atoms with Gasteiger partial charge in [-0.05, 0) is 43.2 Å². The Balaban J connectivity index is 1.44. The molecule has 0 saturated carbocycles. The summed E-state index contributed by atoms with van der Waals surface area (Å²) in [4.78, 5) is 14.1. The average Bonchev–Trinajstić information content (AvgIpc) is 3.27. The van der Waals surface area contributed by atoms with Crippen molar-refractivity contribution in [3.05, 3.63) is 53.0 Å². The van der Waals surface area contributed by atoms with Gasteiger partial charge in [0.25, 0.3) is 0 Å². The lowest BCUT2D eigenvalue weighted by atomic mass is 9.96. The molecule has 142 valence electrons. The number of aromatic nitrogens is 2. The number of furan rings is 1. The third kappa shape index (κ3) is 3.37. The standard InChI is InChI=1S/C21H26N4O2/c1-13-5-15-7-18(27-19(15)6-14(13)2)11-22-9-16-8-20(26)25(4)21(16)17-10-23-24(3)12-17/h5-7,10,12,16,21-22H,8-9,11H2,1-4H3/t16-,21+/m0/s1. The molecule has 6 heteroatoms. The molecule has 1 aliphatic rings. The first-order valence-corrected chi connectivity index (χ1v) is 9.37. The molecule has 1 amide bonds. The molecule has 2 atom stereocenters. The highest BCUT2D eigenvalue weighted by molar-refractivity contribution is 5.80. The maximum absolute atomic E-state index is 12.2. The topological polar surface area (TPSA) is 63.3 Å². The van der Waals surface area contributed by atoms with Crippen molar-refractivity contribution >= 4 is 16.9 Å². The van der Waals surface area contributed by atoms with E-state index >= 15 is 0 Å². The molecule has 3 aromatic rings. The molecule has 0 bridgehead atoms. The van der Waals surface area contributed by atoms with E-state index in [9.17, 15) is 4.79 Å². The molecule has 4 rings (SSSR count). The van der Waals surface area contributed by atoms with Crippen LogP contribution in [-0.4, -0.2) is 34.2 Å². The minimum atomic E-state index is 0.0691. The van der Waals surface area contributed by atoms with E-state index in [2.05, 4.69) is 42.5 Å². The summed E-state index contributed by atoms with van der Waals surface area (Å²) in [6, 6.07) is 6.43. The summed E-state index contributed by atoms with van der Waals surface area (Å²) in [7, 11) is 3.78. The van der Waals surface area contributed by atoms with Crippen LogP contribution < -0.4 is 5.32 Å². The Morgan fingerprint density at radius 1 is 1.22 bits per heavy atom. The number of hydrogen-bond donors (Lipinski definition) is 1. The van der Waals surface area contributed by atoms with Crippen LogP contribution in [0.2, 0.25) is 0 Å². The van der Waals surface area contributed by atoms with Crippen LogP contribution in [0.1, 0.15) is 34.9 Å². The molecule has 1 saturated heterocycles. The van der Waals surface area contributed by atoms with Crippen molar-refractivity contribution in [1.29, 1.82) is 0 Å². The van der Waals surface area contributed by atoms with Gasteiger partial charge >= 0.3 is 0 Å². The van der Waals surface area contributed by atoms with E-state index < -0.39 is 0 Å². The molecule has 6 nitrogen and oxygen atoms in total. The molecule has 1 aliphatic heterocycles. The van der Waals surface area contributed by atoms with Crippen molar-refractivity contribution < 1.29 is 9.21 Å². The number of hydrogen-bond acceptors (Lipinski definition) is 4. The molecule has 2 aromatic heterocycles. The first-order valence-electron chi connectivity index (χ1n) is 9.37. The SMILES string of the molecule is Cc1cc2cc(CNC[C@@H]3CC(=O)N(C)[C@H]3c3cnn(C)c3)oc2cc1C. The average molecular weight is 366 g/mol. The molecule has 0 unspecified atom stereocenters. The maximum atomic E-state index is 12.2. The number of carbonyl (C=O) groups is 1. The number of benzene rings is 1. The zero-order chi connectivity index (χ0) is 19.1. The molecule has 1 aromatic carbocycles. The lowest BCUT2D eigenvalue weighted by Gasteiger charge is -2.24. The van der Waals surface area contributed by atoms with Crippen molar-refractivity contribution in [3.8, 4) is 0 Å². The minimum Gasteiger partial charge on any atom is -0.460 e. The summed E-state index contributed by atoms with van der Waals surface area (Å²) in [6.45, 7) is 5.62. The lowest BCUT2D eigenvalue weighted by Crippen LogP contribution is -2.28. The number of nitrogens with zero attached hydrogens (tertiary/aromatic N) is 3. The van der Waals surface area contributed by atoms with Gasteiger partial charge in [0, 0.05) is 50.1 Å². The van der Waals surface area contributed by atoms with Gasteiger partial charge in [-0.15, -0.1) is 0 Å².